The number of carboxylic acids is 1. The van der Waals surface area contributed by atoms with Crippen LogP contribution in [0.1, 0.15) is 10.4 Å². The molecule has 80 valence electrons. The zero-order chi connectivity index (χ0) is 11.4. The first-order valence-electron chi connectivity index (χ1n) is 3.99. The quantitative estimate of drug-likeness (QED) is 0.719. The molecule has 0 aliphatic carbocycles. The number of carbonyl (C=O) groups is 2. The van der Waals surface area contributed by atoms with Gasteiger partial charge in [-0.3, -0.25) is 9.59 Å². The van der Waals surface area contributed by atoms with E-state index in [-0.39, 0.29) is 11.3 Å². The summed E-state index contributed by atoms with van der Waals surface area (Å²) in [5.41, 5.74) is 0.231. The lowest BCUT2D eigenvalue weighted by Gasteiger charge is -2.03. The highest BCUT2D eigenvalue weighted by atomic mass is 127. The zero-order valence-electron chi connectivity index (χ0n) is 7.53. The Balaban J connectivity index is 2.74. The van der Waals surface area contributed by atoms with Gasteiger partial charge in [0.2, 0.25) is 0 Å². The minimum Gasteiger partial charge on any atom is -0.507 e. The minimum atomic E-state index is -1.11. The largest absolute Gasteiger partial charge is 0.507 e. The Bertz CT molecular complexity index is 405. The molecule has 1 aromatic rings. The summed E-state index contributed by atoms with van der Waals surface area (Å²) >= 11 is 1.92. The van der Waals surface area contributed by atoms with Crippen molar-refractivity contribution in [2.45, 2.75) is 0 Å². The van der Waals surface area contributed by atoms with Crippen molar-refractivity contribution in [2.75, 3.05) is 6.54 Å². The van der Waals surface area contributed by atoms with Gasteiger partial charge in [-0.05, 0) is 40.8 Å². The molecule has 0 radical (unpaired) electrons. The number of carboxylic acid groups (broad SMARTS) is 1. The number of rotatable bonds is 3. The van der Waals surface area contributed by atoms with Crippen LogP contribution in [0.5, 0.6) is 5.75 Å². The van der Waals surface area contributed by atoms with Gasteiger partial charge in [0, 0.05) is 5.56 Å². The molecule has 0 aromatic heterocycles. The first-order valence-corrected chi connectivity index (χ1v) is 5.07. The van der Waals surface area contributed by atoms with E-state index in [2.05, 4.69) is 5.32 Å². The van der Waals surface area contributed by atoms with Crippen LogP contribution in [0.25, 0.3) is 0 Å². The molecule has 5 nitrogen and oxygen atoms in total. The molecule has 1 rings (SSSR count). The van der Waals surface area contributed by atoms with Crippen molar-refractivity contribution in [1.82, 2.24) is 5.32 Å². The Hall–Kier alpha value is -1.31. The SMILES string of the molecule is O=C(O)CNC(=O)c1ccc(I)c(O)c1. The Morgan fingerprint density at radius 3 is 2.60 bits per heavy atom. The van der Waals surface area contributed by atoms with Gasteiger partial charge in [0.05, 0.1) is 3.57 Å². The predicted molar refractivity (Wildman–Crippen MR) is 60.8 cm³/mol. The van der Waals surface area contributed by atoms with Gasteiger partial charge >= 0.3 is 5.97 Å². The molecule has 0 unspecified atom stereocenters. The number of nitrogens with one attached hydrogen (secondary N) is 1. The predicted octanol–water partition coefficient (Wildman–Crippen LogP) is 0.811. The first-order chi connectivity index (χ1) is 7.00. The maximum atomic E-state index is 11.3. The van der Waals surface area contributed by atoms with E-state index in [4.69, 9.17) is 5.11 Å². The van der Waals surface area contributed by atoms with Gasteiger partial charge in [-0.15, -0.1) is 0 Å². The molecule has 0 saturated carbocycles. The zero-order valence-corrected chi connectivity index (χ0v) is 9.69. The van der Waals surface area contributed by atoms with Crippen LogP contribution in [0.2, 0.25) is 0 Å². The van der Waals surface area contributed by atoms with Crippen LogP contribution in [0.15, 0.2) is 18.2 Å². The summed E-state index contributed by atoms with van der Waals surface area (Å²) in [5.74, 6) is -1.64. The van der Waals surface area contributed by atoms with Crippen molar-refractivity contribution in [2.24, 2.45) is 0 Å². The highest BCUT2D eigenvalue weighted by Crippen LogP contribution is 2.20. The fourth-order valence-corrected chi connectivity index (χ4v) is 1.25. The van der Waals surface area contributed by atoms with E-state index in [0.29, 0.717) is 3.57 Å². The van der Waals surface area contributed by atoms with Gasteiger partial charge in [0.25, 0.3) is 5.91 Å². The number of hydrogen-bond donors (Lipinski definition) is 3. The molecule has 1 aromatic carbocycles. The van der Waals surface area contributed by atoms with E-state index in [1.807, 2.05) is 22.6 Å². The van der Waals surface area contributed by atoms with E-state index >= 15 is 0 Å². The van der Waals surface area contributed by atoms with Crippen LogP contribution in [-0.4, -0.2) is 28.6 Å². The number of phenolic OH excluding ortho intramolecular Hbond substituents is 1. The smallest absolute Gasteiger partial charge is 0.322 e. The maximum Gasteiger partial charge on any atom is 0.322 e. The molecule has 0 heterocycles. The average Bonchev–Trinajstić information content (AvgIpc) is 2.18. The molecular formula is C9H8INO4. The van der Waals surface area contributed by atoms with Crippen LogP contribution in [0.3, 0.4) is 0 Å². The summed E-state index contributed by atoms with van der Waals surface area (Å²) in [5, 5.41) is 19.9. The van der Waals surface area contributed by atoms with E-state index in [1.54, 1.807) is 6.07 Å². The third-order valence-electron chi connectivity index (χ3n) is 1.61. The normalized spacial score (nSPS) is 9.67. The standard InChI is InChI=1S/C9H8INO4/c10-6-2-1-5(3-7(6)12)9(15)11-4-8(13)14/h1-3,12H,4H2,(H,11,15)(H,13,14). The van der Waals surface area contributed by atoms with E-state index in [1.165, 1.54) is 12.1 Å². The number of amides is 1. The second kappa shape index (κ2) is 4.96. The molecule has 0 atom stereocenters. The lowest BCUT2D eigenvalue weighted by atomic mass is 10.2. The number of phenols is 1. The Morgan fingerprint density at radius 1 is 1.40 bits per heavy atom. The lowest BCUT2D eigenvalue weighted by Crippen LogP contribution is -2.29. The molecule has 0 spiro atoms. The van der Waals surface area contributed by atoms with Crippen LogP contribution in [0.4, 0.5) is 0 Å². The fourth-order valence-electron chi connectivity index (χ4n) is 0.912. The summed E-state index contributed by atoms with van der Waals surface area (Å²) in [6, 6.07) is 4.38. The molecule has 6 heteroatoms. The first kappa shape index (κ1) is 11.8. The molecule has 0 saturated heterocycles. The molecule has 1 amide bonds. The highest BCUT2D eigenvalue weighted by Gasteiger charge is 2.08. The summed E-state index contributed by atoms with van der Waals surface area (Å²) < 4.78 is 0.627. The molecule has 15 heavy (non-hydrogen) atoms. The molecule has 0 fully saturated rings. The third-order valence-corrected chi connectivity index (χ3v) is 2.52. The number of aromatic hydroxyl groups is 1. The highest BCUT2D eigenvalue weighted by molar-refractivity contribution is 14.1. The van der Waals surface area contributed by atoms with Crippen molar-refractivity contribution < 1.29 is 19.8 Å². The molecular weight excluding hydrogens is 313 g/mol. The Kier molecular flexibility index (Phi) is 3.89. The monoisotopic (exact) mass is 321 g/mol. The van der Waals surface area contributed by atoms with Crippen LogP contribution in [-0.2, 0) is 4.79 Å². The van der Waals surface area contributed by atoms with Crippen LogP contribution >= 0.6 is 22.6 Å². The number of carbonyl (C=O) groups excluding carboxylic acids is 1. The number of halogens is 1. The van der Waals surface area contributed by atoms with Gasteiger partial charge in [-0.25, -0.2) is 0 Å². The molecule has 3 N–H and O–H groups in total. The third kappa shape index (κ3) is 3.39. The molecule has 0 bridgehead atoms. The second-order valence-corrected chi connectivity index (χ2v) is 3.90. The van der Waals surface area contributed by atoms with Crippen molar-refractivity contribution >= 4 is 34.5 Å². The summed E-state index contributed by atoms with van der Waals surface area (Å²) in [6.45, 7) is -0.439. The molecule has 0 aliphatic rings. The topological polar surface area (TPSA) is 86.6 Å². The van der Waals surface area contributed by atoms with Gasteiger partial charge in [0.1, 0.15) is 12.3 Å². The van der Waals surface area contributed by atoms with E-state index in [9.17, 15) is 14.7 Å². The summed E-state index contributed by atoms with van der Waals surface area (Å²) in [4.78, 5) is 21.5. The Morgan fingerprint density at radius 2 is 2.07 bits per heavy atom. The molecule has 0 aliphatic heterocycles. The van der Waals surface area contributed by atoms with Crippen molar-refractivity contribution in [3.8, 4) is 5.75 Å². The van der Waals surface area contributed by atoms with Gasteiger partial charge in [-0.1, -0.05) is 0 Å². The average molecular weight is 321 g/mol. The van der Waals surface area contributed by atoms with E-state index < -0.39 is 18.4 Å². The van der Waals surface area contributed by atoms with Crippen LogP contribution in [0, 0.1) is 3.57 Å². The number of hydrogen-bond acceptors (Lipinski definition) is 3. The second-order valence-electron chi connectivity index (χ2n) is 2.74. The van der Waals surface area contributed by atoms with Gasteiger partial charge < -0.3 is 15.5 Å². The van der Waals surface area contributed by atoms with E-state index in [0.717, 1.165) is 0 Å². The lowest BCUT2D eigenvalue weighted by molar-refractivity contribution is -0.135. The van der Waals surface area contributed by atoms with Crippen molar-refractivity contribution in [1.29, 1.82) is 0 Å². The number of aliphatic carboxylic acids is 1. The van der Waals surface area contributed by atoms with Gasteiger partial charge in [0.15, 0.2) is 0 Å². The Labute approximate surface area is 99.2 Å². The van der Waals surface area contributed by atoms with Crippen molar-refractivity contribution in [3.63, 3.8) is 0 Å². The van der Waals surface area contributed by atoms with Crippen LogP contribution < -0.4 is 5.32 Å². The maximum absolute atomic E-state index is 11.3. The van der Waals surface area contributed by atoms with Gasteiger partial charge in [-0.2, -0.15) is 0 Å². The summed E-state index contributed by atoms with van der Waals surface area (Å²) in [6.07, 6.45) is 0. The number of benzene rings is 1. The summed E-state index contributed by atoms with van der Waals surface area (Å²) in [7, 11) is 0. The van der Waals surface area contributed by atoms with Crippen molar-refractivity contribution in [3.05, 3.63) is 27.3 Å². The fraction of sp³-hybridized carbons (Fsp3) is 0.111. The minimum absolute atomic E-state index is 0.00132.